The van der Waals surface area contributed by atoms with E-state index >= 15 is 0 Å². The SMILES string of the molecule is CC(C)NCC1(Cc2ccc(Cl)cc2F)CCC1. The van der Waals surface area contributed by atoms with Crippen molar-refractivity contribution in [3.8, 4) is 0 Å². The Bertz CT molecular complexity index is 413. The first kappa shape index (κ1) is 13.8. The van der Waals surface area contributed by atoms with Crippen molar-refractivity contribution in [2.24, 2.45) is 5.41 Å². The van der Waals surface area contributed by atoms with Crippen LogP contribution in [-0.2, 0) is 6.42 Å². The van der Waals surface area contributed by atoms with Gasteiger partial charge in [0.15, 0.2) is 0 Å². The molecular weight excluding hydrogens is 249 g/mol. The maximum Gasteiger partial charge on any atom is 0.127 e. The third-order valence-electron chi connectivity index (χ3n) is 3.88. The molecule has 0 amide bonds. The first-order valence-corrected chi connectivity index (χ1v) is 7.06. The average Bonchev–Trinajstić information content (AvgIpc) is 2.24. The fourth-order valence-corrected chi connectivity index (χ4v) is 2.74. The summed E-state index contributed by atoms with van der Waals surface area (Å²) in [5, 5.41) is 3.96. The van der Waals surface area contributed by atoms with E-state index in [9.17, 15) is 4.39 Å². The highest BCUT2D eigenvalue weighted by molar-refractivity contribution is 6.30. The number of halogens is 2. The van der Waals surface area contributed by atoms with Gasteiger partial charge in [0.1, 0.15) is 5.82 Å². The molecule has 18 heavy (non-hydrogen) atoms. The highest BCUT2D eigenvalue weighted by Gasteiger charge is 2.37. The zero-order chi connectivity index (χ0) is 13.2. The second kappa shape index (κ2) is 5.58. The summed E-state index contributed by atoms with van der Waals surface area (Å²) in [6.45, 7) is 5.28. The molecule has 0 radical (unpaired) electrons. The molecule has 0 aliphatic heterocycles. The summed E-state index contributed by atoms with van der Waals surface area (Å²) in [5.74, 6) is -0.168. The molecular formula is C15H21ClFN. The van der Waals surface area contributed by atoms with Gasteiger partial charge in [-0.15, -0.1) is 0 Å². The Morgan fingerprint density at radius 3 is 2.61 bits per heavy atom. The molecule has 100 valence electrons. The van der Waals surface area contributed by atoms with Gasteiger partial charge in [0.2, 0.25) is 0 Å². The van der Waals surface area contributed by atoms with E-state index in [0.29, 0.717) is 11.1 Å². The topological polar surface area (TPSA) is 12.0 Å². The lowest BCUT2D eigenvalue weighted by Crippen LogP contribution is -2.43. The summed E-state index contributed by atoms with van der Waals surface area (Å²) < 4.78 is 13.8. The Labute approximate surface area is 114 Å². The lowest BCUT2D eigenvalue weighted by Gasteiger charge is -2.43. The fourth-order valence-electron chi connectivity index (χ4n) is 2.58. The molecule has 3 heteroatoms. The molecule has 1 N–H and O–H groups in total. The summed E-state index contributed by atoms with van der Waals surface area (Å²) in [6, 6.07) is 5.51. The van der Waals surface area contributed by atoms with Crippen molar-refractivity contribution >= 4 is 11.6 Å². The molecule has 0 spiro atoms. The Hall–Kier alpha value is -0.600. The van der Waals surface area contributed by atoms with Gasteiger partial charge in [-0.25, -0.2) is 4.39 Å². The molecule has 1 aliphatic rings. The molecule has 1 saturated carbocycles. The Kier molecular flexibility index (Phi) is 4.29. The molecule has 1 fully saturated rings. The van der Waals surface area contributed by atoms with Crippen LogP contribution in [-0.4, -0.2) is 12.6 Å². The van der Waals surface area contributed by atoms with Gasteiger partial charge < -0.3 is 5.32 Å². The van der Waals surface area contributed by atoms with Crippen LogP contribution in [0, 0.1) is 11.2 Å². The minimum Gasteiger partial charge on any atom is -0.314 e. The van der Waals surface area contributed by atoms with Crippen molar-refractivity contribution in [1.82, 2.24) is 5.32 Å². The minimum absolute atomic E-state index is 0.168. The smallest absolute Gasteiger partial charge is 0.127 e. The van der Waals surface area contributed by atoms with Gasteiger partial charge in [-0.3, -0.25) is 0 Å². The van der Waals surface area contributed by atoms with Crippen molar-refractivity contribution in [3.63, 3.8) is 0 Å². The van der Waals surface area contributed by atoms with Crippen LogP contribution in [0.15, 0.2) is 18.2 Å². The number of hydrogen-bond donors (Lipinski definition) is 1. The predicted molar refractivity (Wildman–Crippen MR) is 74.5 cm³/mol. The van der Waals surface area contributed by atoms with E-state index in [1.165, 1.54) is 25.3 Å². The molecule has 0 saturated heterocycles. The molecule has 0 unspecified atom stereocenters. The third kappa shape index (κ3) is 3.24. The molecule has 0 heterocycles. The number of benzene rings is 1. The van der Waals surface area contributed by atoms with Gasteiger partial charge in [0.25, 0.3) is 0 Å². The van der Waals surface area contributed by atoms with E-state index in [1.54, 1.807) is 6.07 Å². The summed E-state index contributed by atoms with van der Waals surface area (Å²) in [4.78, 5) is 0. The van der Waals surface area contributed by atoms with Crippen LogP contribution in [0.3, 0.4) is 0 Å². The van der Waals surface area contributed by atoms with E-state index in [0.717, 1.165) is 18.5 Å². The van der Waals surface area contributed by atoms with Crippen molar-refractivity contribution in [2.45, 2.75) is 45.6 Å². The third-order valence-corrected chi connectivity index (χ3v) is 4.12. The fraction of sp³-hybridized carbons (Fsp3) is 0.600. The van der Waals surface area contributed by atoms with Gasteiger partial charge in [-0.05, 0) is 42.4 Å². The van der Waals surface area contributed by atoms with Crippen molar-refractivity contribution in [2.75, 3.05) is 6.54 Å². The molecule has 1 aromatic carbocycles. The molecule has 1 aromatic rings. The Morgan fingerprint density at radius 2 is 2.11 bits per heavy atom. The Morgan fingerprint density at radius 1 is 1.39 bits per heavy atom. The van der Waals surface area contributed by atoms with E-state index in [-0.39, 0.29) is 11.2 Å². The van der Waals surface area contributed by atoms with Gasteiger partial charge in [0, 0.05) is 17.6 Å². The average molecular weight is 270 g/mol. The highest BCUT2D eigenvalue weighted by atomic mass is 35.5. The van der Waals surface area contributed by atoms with Crippen molar-refractivity contribution < 1.29 is 4.39 Å². The predicted octanol–water partition coefficient (Wildman–Crippen LogP) is 4.19. The van der Waals surface area contributed by atoms with Crippen LogP contribution in [0.1, 0.15) is 38.7 Å². The standard InChI is InChI=1S/C15H21ClFN/c1-11(2)18-10-15(6-3-7-15)9-12-4-5-13(16)8-14(12)17/h4-5,8,11,18H,3,6-7,9-10H2,1-2H3. The quantitative estimate of drug-likeness (QED) is 0.845. The van der Waals surface area contributed by atoms with Crippen LogP contribution in [0.2, 0.25) is 5.02 Å². The van der Waals surface area contributed by atoms with E-state index in [1.807, 2.05) is 6.07 Å². The normalized spacial score (nSPS) is 17.8. The van der Waals surface area contributed by atoms with Crippen LogP contribution >= 0.6 is 11.6 Å². The van der Waals surface area contributed by atoms with Gasteiger partial charge in [0.05, 0.1) is 0 Å². The largest absolute Gasteiger partial charge is 0.314 e. The maximum atomic E-state index is 13.8. The van der Waals surface area contributed by atoms with Crippen LogP contribution in [0.4, 0.5) is 4.39 Å². The van der Waals surface area contributed by atoms with Gasteiger partial charge >= 0.3 is 0 Å². The van der Waals surface area contributed by atoms with Crippen molar-refractivity contribution in [3.05, 3.63) is 34.6 Å². The second-order valence-corrected chi connectivity index (χ2v) is 6.24. The van der Waals surface area contributed by atoms with Gasteiger partial charge in [-0.1, -0.05) is 37.9 Å². The van der Waals surface area contributed by atoms with E-state index in [4.69, 9.17) is 11.6 Å². The number of rotatable bonds is 5. The number of nitrogens with one attached hydrogen (secondary N) is 1. The Balaban J connectivity index is 2.05. The van der Waals surface area contributed by atoms with Crippen LogP contribution in [0.5, 0.6) is 0 Å². The van der Waals surface area contributed by atoms with Crippen molar-refractivity contribution in [1.29, 1.82) is 0 Å². The first-order valence-electron chi connectivity index (χ1n) is 6.68. The highest BCUT2D eigenvalue weighted by Crippen LogP contribution is 2.43. The first-order chi connectivity index (χ1) is 8.51. The minimum atomic E-state index is -0.168. The monoisotopic (exact) mass is 269 g/mol. The van der Waals surface area contributed by atoms with Crippen LogP contribution in [0.25, 0.3) is 0 Å². The summed E-state index contributed by atoms with van der Waals surface area (Å²) >= 11 is 5.79. The zero-order valence-corrected chi connectivity index (χ0v) is 11.9. The maximum absolute atomic E-state index is 13.8. The zero-order valence-electron chi connectivity index (χ0n) is 11.1. The molecule has 1 aliphatic carbocycles. The summed E-state index contributed by atoms with van der Waals surface area (Å²) in [5.41, 5.74) is 1.04. The molecule has 2 rings (SSSR count). The lowest BCUT2D eigenvalue weighted by atomic mass is 9.65. The van der Waals surface area contributed by atoms with Gasteiger partial charge in [-0.2, -0.15) is 0 Å². The molecule has 0 aromatic heterocycles. The summed E-state index contributed by atoms with van der Waals surface area (Å²) in [6.07, 6.45) is 4.45. The molecule has 0 atom stereocenters. The van der Waals surface area contributed by atoms with Crippen LogP contribution < -0.4 is 5.32 Å². The van der Waals surface area contributed by atoms with E-state index < -0.39 is 0 Å². The lowest BCUT2D eigenvalue weighted by molar-refractivity contribution is 0.125. The van der Waals surface area contributed by atoms with E-state index in [2.05, 4.69) is 19.2 Å². The summed E-state index contributed by atoms with van der Waals surface area (Å²) in [7, 11) is 0. The molecule has 0 bridgehead atoms. The second-order valence-electron chi connectivity index (χ2n) is 5.80. The number of hydrogen-bond acceptors (Lipinski definition) is 1. The molecule has 1 nitrogen and oxygen atoms in total.